The molecular formula is C17H27N3S. The molecule has 0 amide bonds. The Labute approximate surface area is 132 Å². The minimum Gasteiger partial charge on any atom is -0.345 e. The van der Waals surface area contributed by atoms with Crippen molar-refractivity contribution in [2.45, 2.75) is 69.9 Å². The fourth-order valence-corrected chi connectivity index (χ4v) is 6.01. The number of thiazole rings is 1. The van der Waals surface area contributed by atoms with Crippen molar-refractivity contribution in [1.29, 1.82) is 0 Å². The number of hydrogen-bond acceptors (Lipinski definition) is 4. The van der Waals surface area contributed by atoms with Gasteiger partial charge in [0.1, 0.15) is 0 Å². The van der Waals surface area contributed by atoms with Crippen molar-refractivity contribution in [3.63, 3.8) is 0 Å². The summed E-state index contributed by atoms with van der Waals surface area (Å²) in [6.45, 7) is 1.23. The molecule has 4 heteroatoms. The van der Waals surface area contributed by atoms with Gasteiger partial charge in [-0.3, -0.25) is 0 Å². The first-order valence-electron chi connectivity index (χ1n) is 8.80. The summed E-state index contributed by atoms with van der Waals surface area (Å²) in [7, 11) is 2.09. The number of aryl methyl sites for hydroxylation is 1. The highest BCUT2D eigenvalue weighted by molar-refractivity contribution is 7.15. The molecule has 1 N–H and O–H groups in total. The van der Waals surface area contributed by atoms with Crippen molar-refractivity contribution in [3.8, 4) is 0 Å². The first-order valence-corrected chi connectivity index (χ1v) is 9.62. The van der Waals surface area contributed by atoms with Gasteiger partial charge < -0.3 is 10.2 Å². The Morgan fingerprint density at radius 2 is 1.95 bits per heavy atom. The number of nitrogens with zero attached hydrogens (tertiary/aromatic N) is 2. The molecular weight excluding hydrogens is 278 g/mol. The Bertz CT molecular complexity index is 496. The van der Waals surface area contributed by atoms with Crippen LogP contribution in [0.1, 0.15) is 68.0 Å². The summed E-state index contributed by atoms with van der Waals surface area (Å²) in [5.74, 6) is 0.938. The minimum absolute atomic E-state index is 0.548. The summed E-state index contributed by atoms with van der Waals surface area (Å²) in [6, 6.07) is 1.33. The zero-order valence-corrected chi connectivity index (χ0v) is 13.9. The molecule has 1 unspecified atom stereocenters. The molecule has 2 aliphatic carbocycles. The molecule has 116 valence electrons. The van der Waals surface area contributed by atoms with Crippen LogP contribution in [0.5, 0.6) is 0 Å². The van der Waals surface area contributed by atoms with Gasteiger partial charge in [0, 0.05) is 23.5 Å². The highest BCUT2D eigenvalue weighted by atomic mass is 32.1. The van der Waals surface area contributed by atoms with Crippen LogP contribution in [-0.2, 0) is 6.42 Å². The third kappa shape index (κ3) is 2.50. The van der Waals surface area contributed by atoms with Gasteiger partial charge in [0.2, 0.25) is 0 Å². The van der Waals surface area contributed by atoms with Gasteiger partial charge in [0.15, 0.2) is 5.13 Å². The molecule has 1 aromatic heterocycles. The van der Waals surface area contributed by atoms with E-state index in [0.29, 0.717) is 6.04 Å². The number of nitrogens with one attached hydrogen (secondary N) is 1. The maximum absolute atomic E-state index is 5.07. The molecule has 1 saturated heterocycles. The summed E-state index contributed by atoms with van der Waals surface area (Å²) < 4.78 is 0. The van der Waals surface area contributed by atoms with Gasteiger partial charge in [-0.1, -0.05) is 24.2 Å². The summed E-state index contributed by atoms with van der Waals surface area (Å²) in [6.07, 6.45) is 12.3. The lowest BCUT2D eigenvalue weighted by Crippen LogP contribution is -2.46. The Balaban J connectivity index is 1.62. The molecule has 1 aliphatic heterocycles. The van der Waals surface area contributed by atoms with Crippen molar-refractivity contribution in [3.05, 3.63) is 10.6 Å². The number of hydrogen-bond donors (Lipinski definition) is 1. The number of piperidine rings is 1. The highest BCUT2D eigenvalue weighted by Gasteiger charge is 2.35. The van der Waals surface area contributed by atoms with Crippen molar-refractivity contribution < 1.29 is 0 Å². The van der Waals surface area contributed by atoms with E-state index >= 15 is 0 Å². The fourth-order valence-electron chi connectivity index (χ4n) is 4.67. The molecule has 3 aliphatic rings. The van der Waals surface area contributed by atoms with Gasteiger partial charge in [-0.25, -0.2) is 4.98 Å². The smallest absolute Gasteiger partial charge is 0.186 e. The Morgan fingerprint density at radius 3 is 2.86 bits per heavy atom. The van der Waals surface area contributed by atoms with Gasteiger partial charge >= 0.3 is 0 Å². The van der Waals surface area contributed by atoms with Crippen molar-refractivity contribution in [2.24, 2.45) is 5.92 Å². The summed E-state index contributed by atoms with van der Waals surface area (Å²) in [5, 5.41) is 4.82. The normalized spacial score (nSPS) is 32.6. The first-order chi connectivity index (χ1) is 10.4. The van der Waals surface area contributed by atoms with Crippen LogP contribution in [0.25, 0.3) is 0 Å². The van der Waals surface area contributed by atoms with Crippen LogP contribution < -0.4 is 10.2 Å². The molecule has 0 aromatic carbocycles. The quantitative estimate of drug-likeness (QED) is 0.898. The van der Waals surface area contributed by atoms with Crippen LogP contribution >= 0.6 is 11.3 Å². The van der Waals surface area contributed by atoms with Gasteiger partial charge in [0.25, 0.3) is 0 Å². The average Bonchev–Trinajstić information content (AvgIpc) is 2.98. The molecule has 3 atom stereocenters. The van der Waals surface area contributed by atoms with E-state index in [1.807, 2.05) is 11.3 Å². The largest absolute Gasteiger partial charge is 0.345 e. The second-order valence-corrected chi connectivity index (χ2v) is 8.00. The van der Waals surface area contributed by atoms with E-state index in [9.17, 15) is 0 Å². The van der Waals surface area contributed by atoms with E-state index < -0.39 is 0 Å². The maximum Gasteiger partial charge on any atom is 0.186 e. The van der Waals surface area contributed by atoms with Gasteiger partial charge in [-0.15, -0.1) is 0 Å². The van der Waals surface area contributed by atoms with Gasteiger partial charge in [0.05, 0.1) is 5.69 Å². The van der Waals surface area contributed by atoms with E-state index in [1.54, 1.807) is 0 Å². The van der Waals surface area contributed by atoms with Crippen LogP contribution in [0.3, 0.4) is 0 Å². The molecule has 3 nitrogen and oxygen atoms in total. The van der Waals surface area contributed by atoms with Gasteiger partial charge in [-0.2, -0.15) is 0 Å². The van der Waals surface area contributed by atoms with E-state index in [1.165, 1.54) is 80.0 Å². The zero-order chi connectivity index (χ0) is 14.2. The molecule has 0 radical (unpaired) electrons. The molecule has 2 fully saturated rings. The minimum atomic E-state index is 0.548. The second kappa shape index (κ2) is 5.88. The monoisotopic (exact) mass is 305 g/mol. The molecule has 0 spiro atoms. The molecule has 2 heterocycles. The van der Waals surface area contributed by atoms with E-state index in [4.69, 9.17) is 4.98 Å². The number of fused-ring (bicyclic) bond motifs is 2. The van der Waals surface area contributed by atoms with Crippen molar-refractivity contribution in [1.82, 2.24) is 10.3 Å². The van der Waals surface area contributed by atoms with Gasteiger partial charge in [-0.05, 0) is 57.9 Å². The number of aromatic nitrogens is 1. The molecule has 0 bridgehead atoms. The SMILES string of the molecule is CNC1CCCc2nc(N3CCC[C@H]4CCCC[C@H]43)sc21. The first kappa shape index (κ1) is 14.0. The number of rotatable bonds is 2. The second-order valence-electron chi connectivity index (χ2n) is 6.99. The molecule has 1 aromatic rings. The van der Waals surface area contributed by atoms with E-state index in [0.717, 1.165) is 12.0 Å². The van der Waals surface area contributed by atoms with Crippen molar-refractivity contribution >= 4 is 16.5 Å². The highest BCUT2D eigenvalue weighted by Crippen LogP contribution is 2.42. The predicted octanol–water partition coefficient (Wildman–Crippen LogP) is 3.90. The Hall–Kier alpha value is -0.610. The molecule has 1 saturated carbocycles. The van der Waals surface area contributed by atoms with Crippen LogP contribution in [0.2, 0.25) is 0 Å². The Kier molecular flexibility index (Phi) is 3.92. The van der Waals surface area contributed by atoms with Crippen LogP contribution in [-0.4, -0.2) is 24.6 Å². The van der Waals surface area contributed by atoms with E-state index in [-0.39, 0.29) is 0 Å². The maximum atomic E-state index is 5.07. The summed E-state index contributed by atoms with van der Waals surface area (Å²) >= 11 is 1.98. The number of anilines is 1. The Morgan fingerprint density at radius 1 is 1.10 bits per heavy atom. The zero-order valence-electron chi connectivity index (χ0n) is 13.1. The van der Waals surface area contributed by atoms with Crippen LogP contribution in [0.4, 0.5) is 5.13 Å². The summed E-state index contributed by atoms with van der Waals surface area (Å²) in [4.78, 5) is 9.28. The van der Waals surface area contributed by atoms with Crippen LogP contribution in [0, 0.1) is 5.92 Å². The fraction of sp³-hybridized carbons (Fsp3) is 0.824. The average molecular weight is 305 g/mol. The third-order valence-electron chi connectivity index (χ3n) is 5.78. The third-order valence-corrected chi connectivity index (χ3v) is 7.02. The standard InChI is InChI=1S/C17H27N3S/c1-18-13-8-4-9-14-16(13)21-17(19-14)20-11-5-7-12-6-2-3-10-15(12)20/h12-13,15,18H,2-11H2,1H3/t12-,13?,15-/m1/s1. The lowest BCUT2D eigenvalue weighted by molar-refractivity contribution is 0.243. The lowest BCUT2D eigenvalue weighted by atomic mass is 9.78. The van der Waals surface area contributed by atoms with E-state index in [2.05, 4.69) is 17.3 Å². The van der Waals surface area contributed by atoms with Crippen molar-refractivity contribution in [2.75, 3.05) is 18.5 Å². The van der Waals surface area contributed by atoms with Crippen LogP contribution in [0.15, 0.2) is 0 Å². The predicted molar refractivity (Wildman–Crippen MR) is 89.2 cm³/mol. The summed E-state index contributed by atoms with van der Waals surface area (Å²) in [5.41, 5.74) is 1.39. The lowest BCUT2D eigenvalue weighted by Gasteiger charge is -2.44. The molecule has 4 rings (SSSR count). The topological polar surface area (TPSA) is 28.2 Å². The molecule has 21 heavy (non-hydrogen) atoms.